The average Bonchev–Trinajstić information content (AvgIpc) is 4.04. The minimum absolute atomic E-state index is 0.0123. The van der Waals surface area contributed by atoms with Gasteiger partial charge in [0.05, 0.1) is 30.3 Å². The van der Waals surface area contributed by atoms with Crippen molar-refractivity contribution >= 4 is 28.7 Å². The molecule has 3 rings (SSSR count). The molecule has 0 aromatic carbocycles. The van der Waals surface area contributed by atoms with Gasteiger partial charge >= 0.3 is 12.1 Å². The summed E-state index contributed by atoms with van der Waals surface area (Å²) in [6, 6.07) is 4.61. The molecule has 3 aliphatic rings. The monoisotopic (exact) mass is 919 g/mol. The zero-order valence-electron chi connectivity index (χ0n) is 42.9. The summed E-state index contributed by atoms with van der Waals surface area (Å²) in [4.78, 5) is 32.0. The van der Waals surface area contributed by atoms with E-state index in [0.29, 0.717) is 43.1 Å². The zero-order valence-corrected chi connectivity index (χ0v) is 44.9. The molecule has 364 valence electrons. The maximum absolute atomic E-state index is 13.9. The highest BCUT2D eigenvalue weighted by molar-refractivity contribution is 6.75. The van der Waals surface area contributed by atoms with E-state index in [4.69, 9.17) is 23.1 Å². The maximum atomic E-state index is 13.9. The van der Waals surface area contributed by atoms with Crippen LogP contribution in [0.5, 0.6) is 0 Å². The SMILES string of the molecule is CCC(O[Si](CC)(CC)C(C)C)C(C)C1OC1CC(C)(O)/C=C/C=C(\C)C1OC(=O)CC(O[Si](CC)(CC)C(C)C)CCC(C)C(OC(=O)N2CCCN(C(C)C)CC2)/C=C/C1C. The van der Waals surface area contributed by atoms with Crippen molar-refractivity contribution in [3.8, 4) is 0 Å². The van der Waals surface area contributed by atoms with E-state index in [1.807, 2.05) is 56.1 Å². The standard InChI is InChI=1S/C51H94N2O8Si2/c1-17-44(61-63(20-4,21-5)38(10)11)42(15)49-46(57-49)35-51(16,56)29-22-24-40(13)48-41(14)26-28-45(58-50(55)53-31-23-30-52(32-33-53)36(6)7)39(12)25-27-43(34-47(54)59-48)60-62(18-2,19-3)37(8)9/h22,24,26,28-29,36-39,41-46,48-49,56H,17-21,23,25,27,30-35H2,1-16H3/b28-26+,29-22+,40-24+. The van der Waals surface area contributed by atoms with Gasteiger partial charge in [0.25, 0.3) is 0 Å². The highest BCUT2D eigenvalue weighted by Gasteiger charge is 2.49. The second kappa shape index (κ2) is 25.4. The third kappa shape index (κ3) is 15.9. The first-order valence-corrected chi connectivity index (χ1v) is 30.1. The number of hydrogen-bond donors (Lipinski definition) is 1. The topological polar surface area (TPSA) is 110 Å². The van der Waals surface area contributed by atoms with Crippen LogP contribution in [0.3, 0.4) is 0 Å². The molecule has 2 fully saturated rings. The van der Waals surface area contributed by atoms with Crippen LogP contribution in [0.25, 0.3) is 0 Å². The van der Waals surface area contributed by atoms with Crippen LogP contribution in [-0.4, -0.2) is 118 Å². The number of amides is 1. The number of carbonyl (C=O) groups excluding carboxylic acids is 2. The van der Waals surface area contributed by atoms with Crippen LogP contribution in [0.4, 0.5) is 4.79 Å². The third-order valence-corrected chi connectivity index (χ3v) is 25.9. The van der Waals surface area contributed by atoms with Crippen LogP contribution >= 0.6 is 0 Å². The molecule has 10 nitrogen and oxygen atoms in total. The molecule has 3 heterocycles. The molecule has 2 saturated heterocycles. The smallest absolute Gasteiger partial charge is 0.410 e. The van der Waals surface area contributed by atoms with E-state index in [9.17, 15) is 14.7 Å². The molecule has 10 atom stereocenters. The predicted molar refractivity (Wildman–Crippen MR) is 264 cm³/mol. The van der Waals surface area contributed by atoms with Crippen LogP contribution in [0.2, 0.25) is 35.3 Å². The lowest BCUT2D eigenvalue weighted by Crippen LogP contribution is -2.46. The van der Waals surface area contributed by atoms with Gasteiger partial charge in [0.2, 0.25) is 0 Å². The average molecular weight is 919 g/mol. The van der Waals surface area contributed by atoms with E-state index in [1.54, 1.807) is 0 Å². The van der Waals surface area contributed by atoms with Gasteiger partial charge < -0.3 is 33.1 Å². The first-order valence-electron chi connectivity index (χ1n) is 25.3. The summed E-state index contributed by atoms with van der Waals surface area (Å²) < 4.78 is 33.1. The lowest BCUT2D eigenvalue weighted by atomic mass is 9.91. The summed E-state index contributed by atoms with van der Waals surface area (Å²) in [7, 11) is -4.00. The van der Waals surface area contributed by atoms with Crippen molar-refractivity contribution in [2.75, 3.05) is 26.2 Å². The second-order valence-electron chi connectivity index (χ2n) is 20.7. The van der Waals surface area contributed by atoms with Crippen LogP contribution < -0.4 is 0 Å². The maximum Gasteiger partial charge on any atom is 0.410 e. The molecule has 12 heteroatoms. The molecular weight excluding hydrogens is 825 g/mol. The summed E-state index contributed by atoms with van der Waals surface area (Å²) in [5.41, 5.74) is 0.723. The molecule has 0 saturated carbocycles. The predicted octanol–water partition coefficient (Wildman–Crippen LogP) is 11.8. The lowest BCUT2D eigenvalue weighted by Gasteiger charge is -2.39. The zero-order chi connectivity index (χ0) is 47.3. The minimum Gasteiger partial charge on any atom is -0.457 e. The highest BCUT2D eigenvalue weighted by Crippen LogP contribution is 2.41. The molecule has 3 aliphatic heterocycles. The van der Waals surface area contributed by atoms with Gasteiger partial charge in [-0.1, -0.05) is 107 Å². The number of rotatable bonds is 20. The van der Waals surface area contributed by atoms with Crippen molar-refractivity contribution < 1.29 is 37.8 Å². The van der Waals surface area contributed by atoms with Gasteiger partial charge in [-0.2, -0.15) is 0 Å². The Morgan fingerprint density at radius 1 is 0.921 bits per heavy atom. The van der Waals surface area contributed by atoms with Crippen molar-refractivity contribution in [1.82, 2.24) is 9.80 Å². The molecule has 10 unspecified atom stereocenters. The summed E-state index contributed by atoms with van der Waals surface area (Å²) in [5, 5.41) is 11.6. The van der Waals surface area contributed by atoms with Gasteiger partial charge in [-0.25, -0.2) is 4.79 Å². The quantitative estimate of drug-likeness (QED) is 0.0420. The van der Waals surface area contributed by atoms with Gasteiger partial charge in [0.1, 0.15) is 12.2 Å². The molecule has 0 radical (unpaired) electrons. The Morgan fingerprint density at radius 2 is 1.56 bits per heavy atom. The van der Waals surface area contributed by atoms with E-state index in [0.717, 1.165) is 62.1 Å². The number of hydrogen-bond acceptors (Lipinski definition) is 9. The number of cyclic esters (lactones) is 1. The first-order chi connectivity index (χ1) is 29.6. The van der Waals surface area contributed by atoms with Gasteiger partial charge in [-0.05, 0) is 106 Å². The fourth-order valence-electron chi connectivity index (χ4n) is 10.3. The Bertz CT molecular complexity index is 1490. The number of allylic oxidation sites excluding steroid dienone is 2. The lowest BCUT2D eigenvalue weighted by molar-refractivity contribution is -0.151. The Labute approximate surface area is 387 Å². The van der Waals surface area contributed by atoms with Gasteiger partial charge in [0, 0.05) is 56.6 Å². The molecule has 0 spiro atoms. The highest BCUT2D eigenvalue weighted by atomic mass is 28.4. The summed E-state index contributed by atoms with van der Waals surface area (Å²) in [5.74, 6) is -0.233. The number of aliphatic hydroxyl groups is 1. The van der Waals surface area contributed by atoms with Gasteiger partial charge in [-0.3, -0.25) is 9.69 Å². The number of esters is 1. The normalized spacial score (nSPS) is 28.9. The number of ether oxygens (including phenoxy) is 3. The van der Waals surface area contributed by atoms with E-state index < -0.39 is 34.4 Å². The number of epoxide rings is 1. The number of nitrogens with zero attached hydrogens (tertiary/aromatic N) is 2. The van der Waals surface area contributed by atoms with Crippen molar-refractivity contribution in [2.24, 2.45) is 17.8 Å². The van der Waals surface area contributed by atoms with Crippen LogP contribution in [-0.2, 0) is 27.9 Å². The van der Waals surface area contributed by atoms with E-state index in [1.165, 1.54) is 0 Å². The molecule has 63 heavy (non-hydrogen) atoms. The Balaban J connectivity index is 1.84. The van der Waals surface area contributed by atoms with E-state index in [2.05, 4.69) is 94.9 Å². The molecule has 0 bridgehead atoms. The van der Waals surface area contributed by atoms with Crippen molar-refractivity contribution in [3.05, 3.63) is 36.0 Å². The largest absolute Gasteiger partial charge is 0.457 e. The molecular formula is C51H94N2O8Si2. The first kappa shape index (κ1) is 55.5. The van der Waals surface area contributed by atoms with Crippen molar-refractivity contribution in [3.63, 3.8) is 0 Å². The van der Waals surface area contributed by atoms with Crippen LogP contribution in [0.1, 0.15) is 149 Å². The molecule has 0 aliphatic carbocycles. The van der Waals surface area contributed by atoms with Gasteiger partial charge in [-0.15, -0.1) is 0 Å². The Morgan fingerprint density at radius 3 is 2.13 bits per heavy atom. The van der Waals surface area contributed by atoms with E-state index in [-0.39, 0.29) is 60.7 Å². The van der Waals surface area contributed by atoms with Gasteiger partial charge in [0.15, 0.2) is 16.6 Å². The van der Waals surface area contributed by atoms with Crippen LogP contribution in [0.15, 0.2) is 36.0 Å². The van der Waals surface area contributed by atoms with E-state index >= 15 is 0 Å². The summed E-state index contributed by atoms with van der Waals surface area (Å²) in [6.07, 6.45) is 12.2. The van der Waals surface area contributed by atoms with Crippen molar-refractivity contribution in [1.29, 1.82) is 0 Å². The van der Waals surface area contributed by atoms with Crippen molar-refractivity contribution in [2.45, 2.75) is 233 Å². The fourth-order valence-corrected chi connectivity index (χ4v) is 17.6. The molecule has 1 N–H and O–H groups in total. The second-order valence-corrected chi connectivity index (χ2v) is 30.6. The summed E-state index contributed by atoms with van der Waals surface area (Å²) >= 11 is 0. The minimum atomic E-state index is -2.14. The third-order valence-electron chi connectivity index (χ3n) is 15.3. The molecule has 1 amide bonds. The molecule has 0 aromatic rings. The Hall–Kier alpha value is -1.81. The van der Waals surface area contributed by atoms with Crippen LogP contribution in [0, 0.1) is 17.8 Å². The number of carbonyl (C=O) groups is 2. The fraction of sp³-hybridized carbons (Fsp3) is 0.843. The Kier molecular flexibility index (Phi) is 22.4. The molecule has 0 aromatic heterocycles. The summed E-state index contributed by atoms with van der Waals surface area (Å²) in [6.45, 7) is 38.1.